The van der Waals surface area contributed by atoms with Crippen molar-refractivity contribution >= 4 is 11.8 Å². The van der Waals surface area contributed by atoms with Crippen LogP contribution in [0.25, 0.3) is 0 Å². The zero-order valence-electron chi connectivity index (χ0n) is 12.4. The van der Waals surface area contributed by atoms with Gasteiger partial charge in [-0.2, -0.15) is 0 Å². The molecular weight excluding hydrogens is 260 g/mol. The molecule has 0 saturated heterocycles. The highest BCUT2D eigenvalue weighted by atomic mass is 16.6. The maximum absolute atomic E-state index is 11.7. The third-order valence-electron chi connectivity index (χ3n) is 3.02. The largest absolute Gasteiger partial charge is 0.371 e. The molecule has 0 bridgehead atoms. The number of unbranched alkanes of at least 4 members (excludes halogenated alkanes) is 4. The van der Waals surface area contributed by atoms with Gasteiger partial charge in [0.2, 0.25) is 11.8 Å². The zero-order valence-corrected chi connectivity index (χ0v) is 12.4. The van der Waals surface area contributed by atoms with Crippen molar-refractivity contribution in [2.75, 3.05) is 13.4 Å². The van der Waals surface area contributed by atoms with Gasteiger partial charge in [0, 0.05) is 12.8 Å². The van der Waals surface area contributed by atoms with Gasteiger partial charge in [-0.1, -0.05) is 32.6 Å². The van der Waals surface area contributed by atoms with Crippen LogP contribution in [0.2, 0.25) is 0 Å². The van der Waals surface area contributed by atoms with E-state index in [9.17, 15) is 9.59 Å². The zero-order chi connectivity index (χ0) is 15.2. The Balaban J connectivity index is 3.88. The molecule has 118 valence electrons. The Labute approximate surface area is 121 Å². The third-order valence-corrected chi connectivity index (χ3v) is 3.02. The minimum absolute atomic E-state index is 0.0440. The molecule has 0 rings (SSSR count). The van der Waals surface area contributed by atoms with Gasteiger partial charge in [0.05, 0.1) is 12.6 Å². The first-order chi connectivity index (χ1) is 9.60. The molecular formula is C14H28N2O4. The molecule has 1 atom stereocenters. The Morgan fingerprint density at radius 2 is 1.90 bits per heavy atom. The molecule has 2 amide bonds. The van der Waals surface area contributed by atoms with Crippen LogP contribution in [0.4, 0.5) is 0 Å². The average Bonchev–Trinajstić information content (AvgIpc) is 2.41. The number of ether oxygens (including phenoxy) is 1. The van der Waals surface area contributed by atoms with Gasteiger partial charge in [-0.25, -0.2) is 0 Å². The van der Waals surface area contributed by atoms with Crippen molar-refractivity contribution in [1.82, 2.24) is 5.32 Å². The molecule has 0 aliphatic heterocycles. The summed E-state index contributed by atoms with van der Waals surface area (Å²) in [5.41, 5.74) is 5.09. The van der Waals surface area contributed by atoms with Gasteiger partial charge in [0.15, 0.2) is 0 Å². The molecule has 6 heteroatoms. The maximum Gasteiger partial charge on any atom is 0.220 e. The number of amides is 2. The monoisotopic (exact) mass is 288 g/mol. The normalized spacial score (nSPS) is 12.1. The minimum atomic E-state index is -0.409. The first-order valence-electron chi connectivity index (χ1n) is 7.36. The molecule has 0 fully saturated rings. The summed E-state index contributed by atoms with van der Waals surface area (Å²) in [6.45, 7) is 1.93. The number of carbonyl (C=O) groups excluding carboxylic acids is 2. The van der Waals surface area contributed by atoms with Crippen LogP contribution in [0.3, 0.4) is 0 Å². The fraction of sp³-hybridized carbons (Fsp3) is 0.857. The summed E-state index contributed by atoms with van der Waals surface area (Å²) >= 11 is 0. The van der Waals surface area contributed by atoms with E-state index in [2.05, 4.69) is 12.2 Å². The highest BCUT2D eigenvalue weighted by molar-refractivity contribution is 5.76. The van der Waals surface area contributed by atoms with Gasteiger partial charge in [0.1, 0.15) is 6.79 Å². The van der Waals surface area contributed by atoms with Crippen LogP contribution >= 0.6 is 0 Å². The second kappa shape index (κ2) is 12.9. The smallest absolute Gasteiger partial charge is 0.220 e. The van der Waals surface area contributed by atoms with Gasteiger partial charge in [-0.05, 0) is 12.8 Å². The Kier molecular flexibility index (Phi) is 12.1. The van der Waals surface area contributed by atoms with E-state index >= 15 is 0 Å². The molecule has 0 aromatic rings. The molecule has 0 aromatic heterocycles. The standard InChI is InChI=1S/C14H28N2O4/c1-2-3-4-5-6-7-14(19)16-12(10-20-11-17)8-9-13(15)18/h12,17H,2-11H2,1H3,(H2,15,18)(H,16,19). The fourth-order valence-corrected chi connectivity index (χ4v) is 1.90. The van der Waals surface area contributed by atoms with Gasteiger partial charge in [-0.3, -0.25) is 9.59 Å². The van der Waals surface area contributed by atoms with Crippen molar-refractivity contribution in [3.63, 3.8) is 0 Å². The van der Waals surface area contributed by atoms with E-state index in [1.165, 1.54) is 12.8 Å². The summed E-state index contributed by atoms with van der Waals surface area (Å²) in [4.78, 5) is 22.5. The number of nitrogens with one attached hydrogen (secondary N) is 1. The van der Waals surface area contributed by atoms with Gasteiger partial charge in [-0.15, -0.1) is 0 Å². The summed E-state index contributed by atoms with van der Waals surface area (Å²) in [6.07, 6.45) is 6.56. The molecule has 4 N–H and O–H groups in total. The third kappa shape index (κ3) is 11.9. The Hall–Kier alpha value is -1.14. The number of primary amides is 1. The summed E-state index contributed by atoms with van der Waals surface area (Å²) in [6, 6.07) is -0.280. The van der Waals surface area contributed by atoms with E-state index in [1.54, 1.807) is 0 Å². The number of aliphatic hydroxyl groups excluding tert-OH is 1. The van der Waals surface area contributed by atoms with Crippen LogP contribution < -0.4 is 11.1 Å². The summed E-state index contributed by atoms with van der Waals surface area (Å²) < 4.78 is 4.88. The molecule has 20 heavy (non-hydrogen) atoms. The molecule has 0 aliphatic carbocycles. The van der Waals surface area contributed by atoms with E-state index in [1.807, 2.05) is 0 Å². The number of nitrogens with two attached hydrogens (primary N) is 1. The number of aliphatic hydroxyl groups is 1. The lowest BCUT2D eigenvalue weighted by atomic mass is 10.1. The lowest BCUT2D eigenvalue weighted by Crippen LogP contribution is -2.39. The van der Waals surface area contributed by atoms with Gasteiger partial charge in [0.25, 0.3) is 0 Å². The van der Waals surface area contributed by atoms with Crippen molar-refractivity contribution in [2.24, 2.45) is 5.73 Å². The van der Waals surface area contributed by atoms with Crippen LogP contribution in [0.5, 0.6) is 0 Å². The summed E-state index contributed by atoms with van der Waals surface area (Å²) in [5, 5.41) is 11.4. The van der Waals surface area contributed by atoms with E-state index in [4.69, 9.17) is 15.6 Å². The molecule has 1 unspecified atom stereocenters. The van der Waals surface area contributed by atoms with Crippen molar-refractivity contribution in [3.05, 3.63) is 0 Å². The molecule has 0 aromatic carbocycles. The maximum atomic E-state index is 11.7. The van der Waals surface area contributed by atoms with Crippen LogP contribution in [0, 0.1) is 0 Å². The highest BCUT2D eigenvalue weighted by Gasteiger charge is 2.13. The predicted octanol–water partition coefficient (Wildman–Crippen LogP) is 1.06. The number of hydrogen-bond donors (Lipinski definition) is 3. The molecule has 0 radical (unpaired) electrons. The lowest BCUT2D eigenvalue weighted by Gasteiger charge is -2.17. The first-order valence-corrected chi connectivity index (χ1v) is 7.36. The van der Waals surface area contributed by atoms with Crippen LogP contribution in [-0.4, -0.2) is 36.4 Å². The van der Waals surface area contributed by atoms with Crippen molar-refractivity contribution < 1.29 is 19.4 Å². The van der Waals surface area contributed by atoms with Crippen LogP contribution in [0.15, 0.2) is 0 Å². The van der Waals surface area contributed by atoms with Gasteiger partial charge >= 0.3 is 0 Å². The number of rotatable bonds is 13. The second-order valence-electron chi connectivity index (χ2n) is 4.93. The van der Waals surface area contributed by atoms with Crippen molar-refractivity contribution in [3.8, 4) is 0 Å². The van der Waals surface area contributed by atoms with Gasteiger partial charge < -0.3 is 20.9 Å². The fourth-order valence-electron chi connectivity index (χ4n) is 1.90. The Morgan fingerprint density at radius 1 is 1.20 bits per heavy atom. The molecule has 6 nitrogen and oxygen atoms in total. The molecule has 0 heterocycles. The second-order valence-corrected chi connectivity index (χ2v) is 4.93. The van der Waals surface area contributed by atoms with E-state index in [0.717, 1.165) is 19.3 Å². The van der Waals surface area contributed by atoms with E-state index < -0.39 is 12.7 Å². The number of hydrogen-bond acceptors (Lipinski definition) is 4. The Bertz CT molecular complexity index is 272. The molecule has 0 spiro atoms. The molecule has 0 saturated carbocycles. The Morgan fingerprint density at radius 3 is 2.50 bits per heavy atom. The topological polar surface area (TPSA) is 102 Å². The highest BCUT2D eigenvalue weighted by Crippen LogP contribution is 2.06. The van der Waals surface area contributed by atoms with Crippen LogP contribution in [-0.2, 0) is 14.3 Å². The molecule has 0 aliphatic rings. The SMILES string of the molecule is CCCCCCCC(=O)NC(CCC(N)=O)COCO. The quantitative estimate of drug-likeness (QED) is 0.348. The summed E-state index contributed by atoms with van der Waals surface area (Å²) in [7, 11) is 0. The van der Waals surface area contributed by atoms with Crippen molar-refractivity contribution in [2.45, 2.75) is 64.3 Å². The summed E-state index contributed by atoms with van der Waals surface area (Å²) in [5.74, 6) is -0.453. The van der Waals surface area contributed by atoms with E-state index in [-0.39, 0.29) is 25.0 Å². The van der Waals surface area contributed by atoms with Crippen LogP contribution in [0.1, 0.15) is 58.3 Å². The predicted molar refractivity (Wildman–Crippen MR) is 76.8 cm³/mol. The first kappa shape index (κ1) is 18.9. The minimum Gasteiger partial charge on any atom is -0.371 e. The lowest BCUT2D eigenvalue weighted by molar-refractivity contribution is -0.123. The average molecular weight is 288 g/mol. The number of carbonyl (C=O) groups is 2. The van der Waals surface area contributed by atoms with Crippen molar-refractivity contribution in [1.29, 1.82) is 0 Å². The van der Waals surface area contributed by atoms with E-state index in [0.29, 0.717) is 12.8 Å².